The van der Waals surface area contributed by atoms with Crippen LogP contribution < -0.4 is 10.1 Å². The van der Waals surface area contributed by atoms with E-state index >= 15 is 8.78 Å². The van der Waals surface area contributed by atoms with E-state index in [4.69, 9.17) is 4.74 Å². The maximum atomic E-state index is 15.3. The van der Waals surface area contributed by atoms with Crippen molar-refractivity contribution in [2.45, 2.75) is 26.2 Å². The molecule has 0 unspecified atom stereocenters. The lowest BCUT2D eigenvalue weighted by Crippen LogP contribution is -2.19. The number of ether oxygens (including phenoxy) is 1. The molecule has 1 aliphatic carbocycles. The molecular formula is C23H20F3NO4. The zero-order valence-corrected chi connectivity index (χ0v) is 16.9. The van der Waals surface area contributed by atoms with Gasteiger partial charge < -0.3 is 15.2 Å². The summed E-state index contributed by atoms with van der Waals surface area (Å²) in [6, 6.07) is 6.03. The Morgan fingerprint density at radius 1 is 1.10 bits per heavy atom. The van der Waals surface area contributed by atoms with Crippen LogP contribution in [0.1, 0.15) is 31.7 Å². The fourth-order valence-corrected chi connectivity index (χ4v) is 3.64. The lowest BCUT2D eigenvalue weighted by Gasteiger charge is -2.18. The second-order valence-corrected chi connectivity index (χ2v) is 7.15. The van der Waals surface area contributed by atoms with Gasteiger partial charge in [-0.15, -0.1) is 0 Å². The van der Waals surface area contributed by atoms with Gasteiger partial charge >= 0.3 is 5.97 Å². The lowest BCUT2D eigenvalue weighted by molar-refractivity contribution is -0.133. The molecule has 0 saturated heterocycles. The molecule has 0 saturated carbocycles. The van der Waals surface area contributed by atoms with E-state index in [1.54, 1.807) is 12.1 Å². The number of carbonyl (C=O) groups is 2. The van der Waals surface area contributed by atoms with Crippen molar-refractivity contribution in [3.05, 3.63) is 65.0 Å². The highest BCUT2D eigenvalue weighted by atomic mass is 19.2. The molecule has 8 heteroatoms. The van der Waals surface area contributed by atoms with Crippen LogP contribution in [0.3, 0.4) is 0 Å². The van der Waals surface area contributed by atoms with E-state index in [0.717, 1.165) is 0 Å². The summed E-state index contributed by atoms with van der Waals surface area (Å²) in [6.07, 6.45) is 0.743. The van der Waals surface area contributed by atoms with Crippen LogP contribution >= 0.6 is 0 Å². The van der Waals surface area contributed by atoms with Crippen molar-refractivity contribution in [3.8, 4) is 16.9 Å². The van der Waals surface area contributed by atoms with Crippen LogP contribution in [0, 0.1) is 17.5 Å². The smallest absolute Gasteiger partial charge is 0.332 e. The maximum absolute atomic E-state index is 15.3. The quantitative estimate of drug-likeness (QED) is 0.608. The molecule has 3 rings (SSSR count). The summed E-state index contributed by atoms with van der Waals surface area (Å²) >= 11 is 0. The first-order valence-corrected chi connectivity index (χ1v) is 9.44. The van der Waals surface area contributed by atoms with E-state index in [1.165, 1.54) is 26.2 Å². The average molecular weight is 431 g/mol. The van der Waals surface area contributed by atoms with Gasteiger partial charge in [-0.1, -0.05) is 18.7 Å². The van der Waals surface area contributed by atoms with Crippen molar-refractivity contribution >= 4 is 23.1 Å². The average Bonchev–Trinajstić information content (AvgIpc) is 3.23. The van der Waals surface area contributed by atoms with Crippen molar-refractivity contribution < 1.29 is 32.6 Å². The van der Waals surface area contributed by atoms with Gasteiger partial charge in [0.15, 0.2) is 17.5 Å². The molecule has 0 heterocycles. The van der Waals surface area contributed by atoms with Gasteiger partial charge in [-0.3, -0.25) is 4.79 Å². The van der Waals surface area contributed by atoms with E-state index in [0.29, 0.717) is 12.2 Å². The summed E-state index contributed by atoms with van der Waals surface area (Å²) in [7, 11) is 1.40. The highest BCUT2D eigenvalue weighted by Gasteiger charge is 2.30. The van der Waals surface area contributed by atoms with E-state index < -0.39 is 35.0 Å². The number of hydrogen-bond acceptors (Lipinski definition) is 3. The molecule has 0 aliphatic heterocycles. The third-order valence-corrected chi connectivity index (χ3v) is 5.09. The van der Waals surface area contributed by atoms with Crippen molar-refractivity contribution in [1.82, 2.24) is 0 Å². The third-order valence-electron chi connectivity index (χ3n) is 5.09. The highest BCUT2D eigenvalue weighted by Crippen LogP contribution is 2.40. The van der Waals surface area contributed by atoms with E-state index in [1.807, 2.05) is 5.32 Å². The summed E-state index contributed by atoms with van der Waals surface area (Å²) in [5.74, 6) is -6.06. The molecule has 162 valence electrons. The number of rotatable bonds is 6. The van der Waals surface area contributed by atoms with Crippen LogP contribution in [0.2, 0.25) is 0 Å². The fraction of sp³-hybridized carbons (Fsp3) is 0.217. The van der Waals surface area contributed by atoms with Gasteiger partial charge in [-0.25, -0.2) is 18.0 Å². The Balaban J connectivity index is 2.16. The van der Waals surface area contributed by atoms with Crippen molar-refractivity contribution in [2.75, 3.05) is 12.4 Å². The van der Waals surface area contributed by atoms with Gasteiger partial charge in [0.25, 0.3) is 5.91 Å². The molecule has 1 aliphatic rings. The predicted octanol–water partition coefficient (Wildman–Crippen LogP) is 5.32. The van der Waals surface area contributed by atoms with Gasteiger partial charge in [0.2, 0.25) is 0 Å². The number of anilines is 1. The topological polar surface area (TPSA) is 75.6 Å². The second-order valence-electron chi connectivity index (χ2n) is 7.15. The SMILES string of the molecule is C=C(C)c1c(F)c(NC(=O)C2=C(C(=O)O)CCC2)c(F)c(F)c1-c1cccc(OC)c1. The van der Waals surface area contributed by atoms with Gasteiger partial charge in [-0.2, -0.15) is 0 Å². The summed E-state index contributed by atoms with van der Waals surface area (Å²) in [5, 5.41) is 11.2. The molecule has 0 atom stereocenters. The van der Waals surface area contributed by atoms with Crippen LogP contribution in [-0.4, -0.2) is 24.1 Å². The van der Waals surface area contributed by atoms with Gasteiger partial charge in [0.1, 0.15) is 11.4 Å². The highest BCUT2D eigenvalue weighted by molar-refractivity contribution is 6.09. The number of carbonyl (C=O) groups excluding carboxylic acids is 1. The summed E-state index contributed by atoms with van der Waals surface area (Å²) < 4.78 is 50.5. The van der Waals surface area contributed by atoms with Crippen LogP contribution in [0.15, 0.2) is 42.0 Å². The molecule has 0 bridgehead atoms. The minimum absolute atomic E-state index is 0.0829. The minimum atomic E-state index is -1.59. The zero-order chi connectivity index (χ0) is 22.9. The van der Waals surface area contributed by atoms with Crippen LogP contribution in [0.5, 0.6) is 5.75 Å². The molecule has 5 nitrogen and oxygen atoms in total. The molecule has 1 amide bonds. The molecular weight excluding hydrogens is 411 g/mol. The number of aliphatic carboxylic acids is 1. The summed E-state index contributed by atoms with van der Waals surface area (Å²) in [4.78, 5) is 23.8. The maximum Gasteiger partial charge on any atom is 0.332 e. The lowest BCUT2D eigenvalue weighted by atomic mass is 9.93. The van der Waals surface area contributed by atoms with Crippen molar-refractivity contribution in [2.24, 2.45) is 0 Å². The first-order valence-electron chi connectivity index (χ1n) is 9.44. The number of carboxylic acid groups (broad SMARTS) is 1. The summed E-state index contributed by atoms with van der Waals surface area (Å²) in [5.41, 5.74) is -1.58. The van der Waals surface area contributed by atoms with Gasteiger partial charge in [0.05, 0.1) is 7.11 Å². The molecule has 2 aromatic rings. The number of methoxy groups -OCH3 is 1. The van der Waals surface area contributed by atoms with Crippen LogP contribution in [0.25, 0.3) is 16.7 Å². The number of allylic oxidation sites excluding steroid dienone is 1. The van der Waals surface area contributed by atoms with Gasteiger partial charge in [-0.05, 0) is 49.5 Å². The van der Waals surface area contributed by atoms with Crippen LogP contribution in [0.4, 0.5) is 18.9 Å². The Labute approximate surface area is 176 Å². The largest absolute Gasteiger partial charge is 0.497 e. The fourth-order valence-electron chi connectivity index (χ4n) is 3.64. The Kier molecular flexibility index (Phi) is 6.19. The molecule has 0 radical (unpaired) electrons. The van der Waals surface area contributed by atoms with Crippen molar-refractivity contribution in [1.29, 1.82) is 0 Å². The molecule has 2 aromatic carbocycles. The summed E-state index contributed by atoms with van der Waals surface area (Å²) in [6.45, 7) is 5.08. The minimum Gasteiger partial charge on any atom is -0.497 e. The molecule has 0 aromatic heterocycles. The third kappa shape index (κ3) is 4.05. The van der Waals surface area contributed by atoms with Crippen LogP contribution in [-0.2, 0) is 9.59 Å². The standard InChI is InChI=1S/C23H20F3NO4/c1-11(2)16-17(12-6-4-7-13(10-12)31-3)18(24)20(26)21(19(16)25)27-22(28)14-8-5-9-15(14)23(29)30/h4,6-7,10H,1,5,8-9H2,2-3H3,(H,27,28)(H,29,30). The predicted molar refractivity (Wildman–Crippen MR) is 110 cm³/mol. The Morgan fingerprint density at radius 3 is 2.39 bits per heavy atom. The normalized spacial score (nSPS) is 13.3. The molecule has 0 spiro atoms. The number of nitrogens with one attached hydrogen (secondary N) is 1. The molecule has 2 N–H and O–H groups in total. The Morgan fingerprint density at radius 2 is 1.77 bits per heavy atom. The number of amides is 1. The Bertz CT molecular complexity index is 1140. The molecule has 31 heavy (non-hydrogen) atoms. The number of hydrogen-bond donors (Lipinski definition) is 2. The number of carboxylic acids is 1. The first kappa shape index (κ1) is 22.1. The van der Waals surface area contributed by atoms with Gasteiger partial charge in [0, 0.05) is 22.3 Å². The zero-order valence-electron chi connectivity index (χ0n) is 16.9. The number of benzene rings is 2. The Hall–Kier alpha value is -3.55. The van der Waals surface area contributed by atoms with Crippen molar-refractivity contribution in [3.63, 3.8) is 0 Å². The monoisotopic (exact) mass is 431 g/mol. The van der Waals surface area contributed by atoms with E-state index in [-0.39, 0.29) is 46.3 Å². The van der Waals surface area contributed by atoms with E-state index in [9.17, 15) is 19.1 Å². The van der Waals surface area contributed by atoms with E-state index in [2.05, 4.69) is 6.58 Å². The molecule has 0 fully saturated rings. The second kappa shape index (κ2) is 8.67. The first-order chi connectivity index (χ1) is 14.7. The number of halogens is 3.